The van der Waals surface area contributed by atoms with Crippen molar-refractivity contribution in [2.45, 2.75) is 57.7 Å². The van der Waals surface area contributed by atoms with Crippen LogP contribution in [0.15, 0.2) is 41.4 Å². The number of hydrogen-bond acceptors (Lipinski definition) is 7. The second kappa shape index (κ2) is 14.1. The molecule has 0 unspecified atom stereocenters. The SMILES string of the molecule is [B]OC=N[C@H]1Cc2ccc(cc2)OCCC=CC[C@@H](C(=O)OC)NC(=O)[C@H](CC(C)C)NC1=O. The molecular formula is C24H32BN3O6. The summed E-state index contributed by atoms with van der Waals surface area (Å²) >= 11 is 0. The zero-order valence-corrected chi connectivity index (χ0v) is 19.9. The van der Waals surface area contributed by atoms with Crippen LogP contribution in [0.4, 0.5) is 0 Å². The standard InChI is InChI=1S/C24H32BN3O6/c1-16(2)13-21-23(30)27-19(24(31)32-3)7-5-4-6-12-33-18-10-8-17(9-11-18)14-20(22(29)28-21)26-15-34-25/h4-5,8-11,15-16,19-21H,6-7,12-14H2,1-3H3,(H,27,30)(H,28,29)/t19-,20-,21-/m0/s1. The molecule has 0 saturated heterocycles. The first-order valence-electron chi connectivity index (χ1n) is 11.3. The molecule has 3 atom stereocenters. The van der Waals surface area contributed by atoms with Crippen LogP contribution >= 0.6 is 0 Å². The van der Waals surface area contributed by atoms with Gasteiger partial charge >= 0.3 is 14.0 Å². The first kappa shape index (κ1) is 27.0. The molecule has 2 aliphatic heterocycles. The molecular weight excluding hydrogens is 437 g/mol. The molecule has 0 aromatic heterocycles. The highest BCUT2D eigenvalue weighted by Crippen LogP contribution is 2.16. The molecule has 2 N–H and O–H groups in total. The van der Waals surface area contributed by atoms with E-state index < -0.39 is 35.9 Å². The first-order chi connectivity index (χ1) is 16.3. The first-order valence-corrected chi connectivity index (χ1v) is 11.3. The largest absolute Gasteiger partial charge is 0.560 e. The molecule has 2 bridgehead atoms. The van der Waals surface area contributed by atoms with Crippen molar-refractivity contribution in [2.75, 3.05) is 13.7 Å². The Labute approximate surface area is 201 Å². The Morgan fingerprint density at radius 3 is 2.59 bits per heavy atom. The quantitative estimate of drug-likeness (QED) is 0.223. The second-order valence-electron chi connectivity index (χ2n) is 8.37. The number of methoxy groups -OCH3 is 1. The van der Waals surface area contributed by atoms with Crippen molar-refractivity contribution in [3.8, 4) is 5.75 Å². The Hall–Kier alpha value is -3.30. The predicted octanol–water partition coefficient (Wildman–Crippen LogP) is 1.64. The van der Waals surface area contributed by atoms with Crippen molar-refractivity contribution >= 4 is 32.2 Å². The predicted molar refractivity (Wildman–Crippen MR) is 128 cm³/mol. The molecule has 2 radical (unpaired) electrons. The van der Waals surface area contributed by atoms with Gasteiger partial charge < -0.3 is 24.8 Å². The monoisotopic (exact) mass is 469 g/mol. The number of ether oxygens (including phenoxy) is 2. The third-order valence-electron chi connectivity index (χ3n) is 5.19. The van der Waals surface area contributed by atoms with Gasteiger partial charge in [-0.15, -0.1) is 0 Å². The van der Waals surface area contributed by atoms with Gasteiger partial charge in [-0.05, 0) is 42.9 Å². The van der Waals surface area contributed by atoms with Crippen molar-refractivity contribution in [1.82, 2.24) is 10.6 Å². The van der Waals surface area contributed by atoms with Crippen molar-refractivity contribution in [1.29, 1.82) is 0 Å². The highest BCUT2D eigenvalue weighted by atomic mass is 16.5. The summed E-state index contributed by atoms with van der Waals surface area (Å²) in [4.78, 5) is 42.5. The van der Waals surface area contributed by atoms with Crippen LogP contribution in [0.3, 0.4) is 0 Å². The van der Waals surface area contributed by atoms with E-state index in [4.69, 9.17) is 17.5 Å². The van der Waals surface area contributed by atoms with Gasteiger partial charge in [-0.3, -0.25) is 9.59 Å². The van der Waals surface area contributed by atoms with Crippen LogP contribution in [0.1, 0.15) is 38.7 Å². The van der Waals surface area contributed by atoms with Crippen molar-refractivity contribution < 1.29 is 28.5 Å². The van der Waals surface area contributed by atoms with Crippen molar-refractivity contribution in [3.63, 3.8) is 0 Å². The molecule has 1 aromatic carbocycles. The van der Waals surface area contributed by atoms with Crippen LogP contribution in [-0.2, 0) is 30.2 Å². The van der Waals surface area contributed by atoms with E-state index in [0.29, 0.717) is 25.2 Å². The van der Waals surface area contributed by atoms with E-state index in [1.54, 1.807) is 6.08 Å². The lowest BCUT2D eigenvalue weighted by molar-refractivity contribution is -0.145. The van der Waals surface area contributed by atoms with Gasteiger partial charge in [0.15, 0.2) is 6.40 Å². The Morgan fingerprint density at radius 1 is 1.21 bits per heavy atom. The summed E-state index contributed by atoms with van der Waals surface area (Å²) in [6, 6.07) is 4.72. The van der Waals surface area contributed by atoms with Crippen LogP contribution in [0.5, 0.6) is 5.75 Å². The summed E-state index contributed by atoms with van der Waals surface area (Å²) in [5.41, 5.74) is 0.846. The summed E-state index contributed by atoms with van der Waals surface area (Å²) in [5.74, 6) is -0.708. The third-order valence-corrected chi connectivity index (χ3v) is 5.19. The number of benzene rings is 1. The molecule has 2 aliphatic rings. The van der Waals surface area contributed by atoms with E-state index in [2.05, 4.69) is 20.3 Å². The number of rotatable bonds is 5. The minimum absolute atomic E-state index is 0.104. The van der Waals surface area contributed by atoms with Gasteiger partial charge in [0.05, 0.1) is 13.7 Å². The van der Waals surface area contributed by atoms with Gasteiger partial charge in [-0.25, -0.2) is 9.79 Å². The molecule has 0 spiro atoms. The second-order valence-corrected chi connectivity index (χ2v) is 8.37. The molecule has 9 nitrogen and oxygen atoms in total. The van der Waals surface area contributed by atoms with E-state index in [1.165, 1.54) is 7.11 Å². The molecule has 3 rings (SSSR count). The summed E-state index contributed by atoms with van der Waals surface area (Å²) in [5, 5.41) is 5.48. The van der Waals surface area contributed by atoms with Gasteiger partial charge in [-0.2, -0.15) is 0 Å². The number of nitrogens with one attached hydrogen (secondary N) is 2. The molecule has 34 heavy (non-hydrogen) atoms. The maximum Gasteiger partial charge on any atom is 0.375 e. The third kappa shape index (κ3) is 8.92. The van der Waals surface area contributed by atoms with Crippen LogP contribution < -0.4 is 15.4 Å². The minimum Gasteiger partial charge on any atom is -0.560 e. The molecule has 0 saturated carbocycles. The number of carbonyl (C=O) groups is 3. The number of amides is 2. The summed E-state index contributed by atoms with van der Waals surface area (Å²) in [6.45, 7) is 4.32. The fourth-order valence-corrected chi connectivity index (χ4v) is 3.46. The Bertz CT molecular complexity index is 872. The molecule has 0 fully saturated rings. The van der Waals surface area contributed by atoms with Crippen LogP contribution in [-0.4, -0.2) is 64.1 Å². The topological polar surface area (TPSA) is 115 Å². The Balaban J connectivity index is 2.35. The lowest BCUT2D eigenvalue weighted by atomic mass is 10.0. The normalized spacial score (nSPS) is 22.4. The van der Waals surface area contributed by atoms with E-state index in [9.17, 15) is 14.4 Å². The fourth-order valence-electron chi connectivity index (χ4n) is 3.46. The highest BCUT2D eigenvalue weighted by Gasteiger charge is 2.29. The van der Waals surface area contributed by atoms with Crippen molar-refractivity contribution in [3.05, 3.63) is 42.0 Å². The smallest absolute Gasteiger partial charge is 0.375 e. The molecule has 1 aromatic rings. The number of carbonyl (C=O) groups excluding carboxylic acids is 3. The summed E-state index contributed by atoms with van der Waals surface area (Å²) in [7, 11) is 6.32. The van der Waals surface area contributed by atoms with Gasteiger partial charge in [0, 0.05) is 6.42 Å². The van der Waals surface area contributed by atoms with E-state index in [0.717, 1.165) is 12.0 Å². The van der Waals surface area contributed by atoms with E-state index in [1.807, 2.05) is 44.2 Å². The van der Waals surface area contributed by atoms with Gasteiger partial charge in [-0.1, -0.05) is 38.1 Å². The molecule has 182 valence electrons. The number of hydrogen-bond donors (Lipinski definition) is 2. The zero-order valence-electron chi connectivity index (χ0n) is 19.9. The van der Waals surface area contributed by atoms with Crippen LogP contribution in [0, 0.1) is 5.92 Å². The summed E-state index contributed by atoms with van der Waals surface area (Å²) < 4.78 is 15.0. The average Bonchev–Trinajstić information content (AvgIpc) is 2.81. The van der Waals surface area contributed by atoms with Gasteiger partial charge in [0.2, 0.25) is 11.8 Å². The molecule has 0 aliphatic carbocycles. The zero-order chi connectivity index (χ0) is 24.9. The molecule has 2 amide bonds. The number of esters is 1. The van der Waals surface area contributed by atoms with Gasteiger partial charge in [0.1, 0.15) is 23.9 Å². The fraction of sp³-hybridized carbons (Fsp3) is 0.500. The Morgan fingerprint density at radius 2 is 1.94 bits per heavy atom. The van der Waals surface area contributed by atoms with E-state index in [-0.39, 0.29) is 18.8 Å². The number of fused-ring (bicyclic) bond motifs is 14. The highest BCUT2D eigenvalue weighted by molar-refractivity contribution is 6.02. The maximum absolute atomic E-state index is 13.1. The van der Waals surface area contributed by atoms with Gasteiger partial charge in [0.25, 0.3) is 0 Å². The lowest BCUT2D eigenvalue weighted by Crippen LogP contribution is -2.53. The molecule has 10 heteroatoms. The minimum atomic E-state index is -0.883. The Kier molecular flexibility index (Phi) is 11.2. The van der Waals surface area contributed by atoms with Crippen molar-refractivity contribution in [2.24, 2.45) is 10.9 Å². The van der Waals surface area contributed by atoms with E-state index >= 15 is 0 Å². The summed E-state index contributed by atoms with van der Waals surface area (Å²) in [6.07, 6.45) is 6.18. The molecule has 2 heterocycles. The average molecular weight is 469 g/mol. The number of aliphatic imine (C=N–C) groups is 1. The number of nitrogens with zero attached hydrogens (tertiary/aromatic N) is 1. The lowest BCUT2D eigenvalue weighted by Gasteiger charge is -2.24. The van der Waals surface area contributed by atoms with Crippen LogP contribution in [0.25, 0.3) is 0 Å². The maximum atomic E-state index is 13.1. The van der Waals surface area contributed by atoms with Crippen LogP contribution in [0.2, 0.25) is 0 Å².